The summed E-state index contributed by atoms with van der Waals surface area (Å²) < 4.78 is 0. The van der Waals surface area contributed by atoms with Crippen molar-refractivity contribution in [3.63, 3.8) is 0 Å². The number of benzene rings is 1. The summed E-state index contributed by atoms with van der Waals surface area (Å²) >= 11 is 0. The number of carbonyl (C=O) groups excluding carboxylic acids is 1. The van der Waals surface area contributed by atoms with Crippen LogP contribution in [-0.4, -0.2) is 18.0 Å². The van der Waals surface area contributed by atoms with Crippen molar-refractivity contribution in [3.05, 3.63) is 35.9 Å². The molecule has 0 radical (unpaired) electrons. The van der Waals surface area contributed by atoms with E-state index in [0.29, 0.717) is 0 Å². The van der Waals surface area contributed by atoms with Crippen LogP contribution >= 0.6 is 0 Å². The molecular formula is C18H28N2O. The molecule has 0 aliphatic carbocycles. The van der Waals surface area contributed by atoms with Gasteiger partial charge in [-0.2, -0.15) is 0 Å². The van der Waals surface area contributed by atoms with E-state index in [1.54, 1.807) is 0 Å². The maximum Gasteiger partial charge on any atom is 0.240 e. The van der Waals surface area contributed by atoms with Crippen LogP contribution < -0.4 is 10.6 Å². The normalized spacial score (nSPS) is 23.8. The minimum absolute atomic E-state index is 0.0675. The van der Waals surface area contributed by atoms with E-state index in [1.807, 2.05) is 25.1 Å². The topological polar surface area (TPSA) is 41.1 Å². The minimum atomic E-state index is -0.412. The van der Waals surface area contributed by atoms with Crippen molar-refractivity contribution in [2.24, 2.45) is 5.41 Å². The van der Waals surface area contributed by atoms with Crippen molar-refractivity contribution >= 4 is 5.91 Å². The summed E-state index contributed by atoms with van der Waals surface area (Å²) in [7, 11) is 0. The fourth-order valence-corrected chi connectivity index (χ4v) is 2.96. The lowest BCUT2D eigenvalue weighted by Crippen LogP contribution is -2.52. The fourth-order valence-electron chi connectivity index (χ4n) is 2.96. The highest BCUT2D eigenvalue weighted by Crippen LogP contribution is 2.30. The molecule has 2 atom stereocenters. The van der Waals surface area contributed by atoms with Gasteiger partial charge in [-0.05, 0) is 43.7 Å². The average molecular weight is 288 g/mol. The third-order valence-electron chi connectivity index (χ3n) is 4.19. The van der Waals surface area contributed by atoms with Gasteiger partial charge in [0.2, 0.25) is 5.91 Å². The van der Waals surface area contributed by atoms with E-state index < -0.39 is 5.54 Å². The Balaban J connectivity index is 2.14. The van der Waals surface area contributed by atoms with Crippen LogP contribution in [0.5, 0.6) is 0 Å². The van der Waals surface area contributed by atoms with Gasteiger partial charge in [-0.25, -0.2) is 0 Å². The van der Waals surface area contributed by atoms with E-state index in [1.165, 1.54) is 5.56 Å². The number of amides is 1. The Labute approximate surface area is 128 Å². The lowest BCUT2D eigenvalue weighted by Gasteiger charge is -2.31. The summed E-state index contributed by atoms with van der Waals surface area (Å²) in [6.45, 7) is 9.58. The number of nitrogens with one attached hydrogen (secondary N) is 2. The van der Waals surface area contributed by atoms with E-state index in [4.69, 9.17) is 0 Å². The van der Waals surface area contributed by atoms with Gasteiger partial charge in [0.15, 0.2) is 0 Å². The van der Waals surface area contributed by atoms with Crippen LogP contribution in [0.2, 0.25) is 0 Å². The molecule has 0 spiro atoms. The third-order valence-corrected chi connectivity index (χ3v) is 4.19. The molecule has 2 N–H and O–H groups in total. The zero-order chi connectivity index (χ0) is 15.5. The van der Waals surface area contributed by atoms with Gasteiger partial charge in [0.05, 0.1) is 11.6 Å². The predicted molar refractivity (Wildman–Crippen MR) is 87.0 cm³/mol. The number of carbonyl (C=O) groups is 1. The Morgan fingerprint density at radius 2 is 2.00 bits per heavy atom. The summed E-state index contributed by atoms with van der Waals surface area (Å²) in [6, 6.07) is 10.3. The molecule has 1 aromatic carbocycles. The quantitative estimate of drug-likeness (QED) is 0.891. The largest absolute Gasteiger partial charge is 0.348 e. The van der Waals surface area contributed by atoms with Gasteiger partial charge in [-0.15, -0.1) is 0 Å². The second-order valence-corrected chi connectivity index (χ2v) is 7.56. The molecule has 1 saturated heterocycles. The van der Waals surface area contributed by atoms with E-state index in [0.717, 1.165) is 25.8 Å². The molecule has 2 rings (SSSR count). The molecule has 21 heavy (non-hydrogen) atoms. The van der Waals surface area contributed by atoms with Crippen molar-refractivity contribution in [1.82, 2.24) is 10.6 Å². The smallest absolute Gasteiger partial charge is 0.240 e. The van der Waals surface area contributed by atoms with Crippen LogP contribution in [0.25, 0.3) is 0 Å². The highest BCUT2D eigenvalue weighted by atomic mass is 16.2. The molecule has 1 aliphatic heterocycles. The van der Waals surface area contributed by atoms with Gasteiger partial charge in [0.25, 0.3) is 0 Å². The first kappa shape index (κ1) is 16.0. The second kappa shape index (κ2) is 6.18. The van der Waals surface area contributed by atoms with Crippen LogP contribution in [-0.2, 0) is 4.79 Å². The molecule has 0 saturated carbocycles. The summed E-state index contributed by atoms with van der Waals surface area (Å²) in [4.78, 5) is 12.7. The first-order valence-electron chi connectivity index (χ1n) is 7.91. The minimum Gasteiger partial charge on any atom is -0.348 e. The molecule has 3 heteroatoms. The first-order chi connectivity index (χ1) is 9.80. The number of hydrogen-bond donors (Lipinski definition) is 2. The van der Waals surface area contributed by atoms with E-state index >= 15 is 0 Å². The van der Waals surface area contributed by atoms with Crippen molar-refractivity contribution in [2.75, 3.05) is 6.54 Å². The van der Waals surface area contributed by atoms with Crippen molar-refractivity contribution in [1.29, 1.82) is 0 Å². The standard InChI is InChI=1S/C18H28N2O/c1-17(2,3)13-15(14-9-6-5-7-10-14)20-16(21)18(4)11-8-12-19-18/h5-7,9-10,15,19H,8,11-13H2,1-4H3,(H,20,21). The van der Waals surface area contributed by atoms with Crippen molar-refractivity contribution < 1.29 is 4.79 Å². The Morgan fingerprint density at radius 3 is 2.52 bits per heavy atom. The van der Waals surface area contributed by atoms with Gasteiger partial charge in [0, 0.05) is 0 Å². The zero-order valence-electron chi connectivity index (χ0n) is 13.7. The van der Waals surface area contributed by atoms with Crippen LogP contribution in [0.4, 0.5) is 0 Å². The molecule has 3 nitrogen and oxygen atoms in total. The molecule has 1 amide bonds. The van der Waals surface area contributed by atoms with Gasteiger partial charge in [0.1, 0.15) is 0 Å². The summed E-state index contributed by atoms with van der Waals surface area (Å²) in [6.07, 6.45) is 2.91. The molecule has 1 aliphatic rings. The molecule has 1 aromatic rings. The molecule has 1 fully saturated rings. The molecule has 0 bridgehead atoms. The average Bonchev–Trinajstić information content (AvgIpc) is 2.86. The van der Waals surface area contributed by atoms with E-state index in [9.17, 15) is 4.79 Å². The van der Waals surface area contributed by atoms with Crippen LogP contribution in [0.3, 0.4) is 0 Å². The number of rotatable bonds is 4. The molecule has 116 valence electrons. The first-order valence-corrected chi connectivity index (χ1v) is 7.91. The lowest BCUT2D eigenvalue weighted by atomic mass is 9.85. The molecule has 2 unspecified atom stereocenters. The number of hydrogen-bond acceptors (Lipinski definition) is 2. The van der Waals surface area contributed by atoms with Gasteiger partial charge in [-0.3, -0.25) is 4.79 Å². The maximum atomic E-state index is 12.7. The summed E-state index contributed by atoms with van der Waals surface area (Å²) in [5.41, 5.74) is 0.935. The highest BCUT2D eigenvalue weighted by molar-refractivity contribution is 5.86. The van der Waals surface area contributed by atoms with Crippen molar-refractivity contribution in [2.45, 2.75) is 58.5 Å². The van der Waals surface area contributed by atoms with E-state index in [2.05, 4.69) is 43.5 Å². The Kier molecular flexibility index (Phi) is 4.72. The summed E-state index contributed by atoms with van der Waals surface area (Å²) in [5, 5.41) is 6.61. The molecule has 1 heterocycles. The predicted octanol–water partition coefficient (Wildman–Crippen LogP) is 3.42. The van der Waals surface area contributed by atoms with Crippen LogP contribution in [0.1, 0.15) is 58.6 Å². The third kappa shape index (κ3) is 4.31. The second-order valence-electron chi connectivity index (χ2n) is 7.56. The maximum absolute atomic E-state index is 12.7. The van der Waals surface area contributed by atoms with Crippen LogP contribution in [0.15, 0.2) is 30.3 Å². The molecule has 0 aromatic heterocycles. The Hall–Kier alpha value is -1.35. The lowest BCUT2D eigenvalue weighted by molar-refractivity contribution is -0.127. The van der Waals surface area contributed by atoms with Gasteiger partial charge < -0.3 is 10.6 Å². The Morgan fingerprint density at radius 1 is 1.33 bits per heavy atom. The monoisotopic (exact) mass is 288 g/mol. The fraction of sp³-hybridized carbons (Fsp3) is 0.611. The highest BCUT2D eigenvalue weighted by Gasteiger charge is 2.37. The van der Waals surface area contributed by atoms with Crippen molar-refractivity contribution in [3.8, 4) is 0 Å². The SMILES string of the molecule is CC(C)(C)CC(NC(=O)C1(C)CCCN1)c1ccccc1. The van der Waals surface area contributed by atoms with Gasteiger partial charge in [-0.1, -0.05) is 51.1 Å². The Bertz CT molecular complexity index is 470. The summed E-state index contributed by atoms with van der Waals surface area (Å²) in [5.74, 6) is 0.123. The zero-order valence-corrected chi connectivity index (χ0v) is 13.7. The molecular weight excluding hydrogens is 260 g/mol. The van der Waals surface area contributed by atoms with E-state index in [-0.39, 0.29) is 17.4 Å². The van der Waals surface area contributed by atoms with Crippen LogP contribution in [0, 0.1) is 5.41 Å². The van der Waals surface area contributed by atoms with Gasteiger partial charge >= 0.3 is 0 Å².